The van der Waals surface area contributed by atoms with E-state index in [0.29, 0.717) is 0 Å². The molecule has 0 bridgehead atoms. The van der Waals surface area contributed by atoms with Crippen LogP contribution in [-0.4, -0.2) is 0 Å². The Bertz CT molecular complexity index is 377. The summed E-state index contributed by atoms with van der Waals surface area (Å²) in [5.74, 6) is 0. The molecule has 0 atom stereocenters. The van der Waals surface area contributed by atoms with Crippen molar-refractivity contribution in [2.24, 2.45) is 0 Å². The van der Waals surface area contributed by atoms with E-state index in [1.54, 1.807) is 0 Å². The van der Waals surface area contributed by atoms with Crippen LogP contribution in [0.2, 0.25) is 0 Å². The number of rotatable bonds is 15. The molecule has 23 heavy (non-hydrogen) atoms. The van der Waals surface area contributed by atoms with E-state index in [1.165, 1.54) is 25.7 Å². The van der Waals surface area contributed by atoms with Gasteiger partial charge < -0.3 is 0 Å². The minimum Gasteiger partial charge on any atom is -0.103 e. The minimum absolute atomic E-state index is 1.09. The lowest BCUT2D eigenvalue weighted by molar-refractivity contribution is 0.973. The van der Waals surface area contributed by atoms with E-state index >= 15 is 0 Å². The summed E-state index contributed by atoms with van der Waals surface area (Å²) in [5, 5.41) is 0. The van der Waals surface area contributed by atoms with Crippen LogP contribution in [0.4, 0.5) is 0 Å². The summed E-state index contributed by atoms with van der Waals surface area (Å²) in [6.07, 6.45) is 36.2. The van der Waals surface area contributed by atoms with Crippen LogP contribution in [0.15, 0.2) is 73.4 Å². The van der Waals surface area contributed by atoms with Crippen LogP contribution >= 0.6 is 0 Å². The molecule has 0 rings (SSSR count). The summed E-state index contributed by atoms with van der Waals surface area (Å²) in [4.78, 5) is 0. The van der Waals surface area contributed by atoms with E-state index < -0.39 is 0 Å². The quantitative estimate of drug-likeness (QED) is 0.213. The Balaban J connectivity index is 3.34. The molecule has 0 spiro atoms. The number of unbranched alkanes of at least 4 members (excludes halogenated alkanes) is 5. The summed E-state index contributed by atoms with van der Waals surface area (Å²) in [5.41, 5.74) is 0. The zero-order valence-corrected chi connectivity index (χ0v) is 15.1. The zero-order valence-electron chi connectivity index (χ0n) is 15.1. The maximum absolute atomic E-state index is 3.72. The molecular formula is C23H36. The summed E-state index contributed by atoms with van der Waals surface area (Å²) in [6.45, 7) is 5.80. The van der Waals surface area contributed by atoms with Crippen LogP contribution in [0.3, 0.4) is 0 Å². The van der Waals surface area contributed by atoms with Gasteiger partial charge in [0.2, 0.25) is 0 Å². The SMILES string of the molecule is C=CCCC=CCCC=CCCC=CCCC=CCCC=CC. The zero-order chi connectivity index (χ0) is 16.8. The lowest BCUT2D eigenvalue weighted by Crippen LogP contribution is -1.70. The number of hydrogen-bond donors (Lipinski definition) is 0. The third-order valence-corrected chi connectivity index (χ3v) is 3.44. The van der Waals surface area contributed by atoms with Crippen molar-refractivity contribution in [2.75, 3.05) is 0 Å². The van der Waals surface area contributed by atoms with Crippen LogP contribution in [0, 0.1) is 0 Å². The summed E-state index contributed by atoms with van der Waals surface area (Å²) >= 11 is 0. The van der Waals surface area contributed by atoms with Gasteiger partial charge in [-0.05, 0) is 71.1 Å². The Kier molecular flexibility index (Phi) is 19.1. The largest absolute Gasteiger partial charge is 0.103 e. The van der Waals surface area contributed by atoms with Crippen molar-refractivity contribution in [3.05, 3.63) is 73.4 Å². The van der Waals surface area contributed by atoms with E-state index in [0.717, 1.165) is 38.5 Å². The molecule has 0 fully saturated rings. The monoisotopic (exact) mass is 312 g/mol. The van der Waals surface area contributed by atoms with E-state index in [2.05, 4.69) is 74.3 Å². The molecule has 0 aliphatic heterocycles. The van der Waals surface area contributed by atoms with Crippen LogP contribution in [-0.2, 0) is 0 Å². The second-order valence-electron chi connectivity index (χ2n) is 5.63. The van der Waals surface area contributed by atoms with Gasteiger partial charge in [-0.1, -0.05) is 66.8 Å². The topological polar surface area (TPSA) is 0 Å². The lowest BCUT2D eigenvalue weighted by Gasteiger charge is -1.90. The second-order valence-corrected chi connectivity index (χ2v) is 5.63. The molecule has 0 saturated heterocycles. The molecule has 0 aromatic rings. The molecule has 0 unspecified atom stereocenters. The highest BCUT2D eigenvalue weighted by Crippen LogP contribution is 2.01. The Morgan fingerprint density at radius 2 is 0.696 bits per heavy atom. The maximum Gasteiger partial charge on any atom is -0.0316 e. The van der Waals surface area contributed by atoms with Gasteiger partial charge in [0.15, 0.2) is 0 Å². The average molecular weight is 313 g/mol. The van der Waals surface area contributed by atoms with Crippen molar-refractivity contribution in [2.45, 2.75) is 71.1 Å². The second kappa shape index (κ2) is 20.4. The normalized spacial score (nSPS) is 12.7. The average Bonchev–Trinajstić information content (AvgIpc) is 2.57. The molecule has 0 aliphatic rings. The van der Waals surface area contributed by atoms with Gasteiger partial charge in [-0.2, -0.15) is 0 Å². The van der Waals surface area contributed by atoms with E-state index in [1.807, 2.05) is 6.08 Å². The maximum atomic E-state index is 3.72. The predicted octanol–water partition coefficient (Wildman–Crippen LogP) is 7.87. The highest BCUT2D eigenvalue weighted by Gasteiger charge is 1.81. The Morgan fingerprint density at radius 1 is 0.435 bits per heavy atom. The Labute approximate surface area is 145 Å². The molecule has 0 N–H and O–H groups in total. The van der Waals surface area contributed by atoms with Crippen molar-refractivity contribution in [3.8, 4) is 0 Å². The van der Waals surface area contributed by atoms with Crippen LogP contribution in [0.1, 0.15) is 71.1 Å². The van der Waals surface area contributed by atoms with Gasteiger partial charge in [0.05, 0.1) is 0 Å². The lowest BCUT2D eigenvalue weighted by atomic mass is 10.2. The molecule has 128 valence electrons. The molecule has 0 aromatic heterocycles. The van der Waals surface area contributed by atoms with Crippen molar-refractivity contribution >= 4 is 0 Å². The van der Waals surface area contributed by atoms with E-state index in [4.69, 9.17) is 0 Å². The van der Waals surface area contributed by atoms with Crippen molar-refractivity contribution in [3.63, 3.8) is 0 Å². The molecular weight excluding hydrogens is 276 g/mol. The smallest absolute Gasteiger partial charge is 0.0316 e. The third-order valence-electron chi connectivity index (χ3n) is 3.44. The van der Waals surface area contributed by atoms with Gasteiger partial charge in [-0.25, -0.2) is 0 Å². The Morgan fingerprint density at radius 3 is 0.957 bits per heavy atom. The fraction of sp³-hybridized carbons (Fsp3) is 0.478. The molecule has 0 heterocycles. The van der Waals surface area contributed by atoms with Crippen molar-refractivity contribution in [1.29, 1.82) is 0 Å². The van der Waals surface area contributed by atoms with Crippen LogP contribution in [0.25, 0.3) is 0 Å². The van der Waals surface area contributed by atoms with Crippen molar-refractivity contribution < 1.29 is 0 Å². The first-order valence-corrected chi connectivity index (χ1v) is 9.23. The van der Waals surface area contributed by atoms with Crippen LogP contribution in [0.5, 0.6) is 0 Å². The van der Waals surface area contributed by atoms with Gasteiger partial charge in [0, 0.05) is 0 Å². The molecule has 0 amide bonds. The van der Waals surface area contributed by atoms with Gasteiger partial charge in [0.1, 0.15) is 0 Å². The highest BCUT2D eigenvalue weighted by molar-refractivity contribution is 4.93. The van der Waals surface area contributed by atoms with Gasteiger partial charge in [0.25, 0.3) is 0 Å². The predicted molar refractivity (Wildman–Crippen MR) is 108 cm³/mol. The standard InChI is InChI=1S/C23H36/c1-3-5-7-9-11-13-15-17-19-21-23-22-20-18-16-14-12-10-8-6-4-2/h3-4,6,9,11-12,14,17,19-20,22H,1,5,7-8,10,13,15-16,18,21,23H2,2H3. The first-order valence-electron chi connectivity index (χ1n) is 9.23. The summed E-state index contributed by atoms with van der Waals surface area (Å²) in [7, 11) is 0. The Hall–Kier alpha value is -1.56. The number of allylic oxidation sites excluding steroid dienone is 11. The molecule has 0 saturated carbocycles. The molecule has 0 aliphatic carbocycles. The van der Waals surface area contributed by atoms with Gasteiger partial charge >= 0.3 is 0 Å². The van der Waals surface area contributed by atoms with E-state index in [9.17, 15) is 0 Å². The fourth-order valence-corrected chi connectivity index (χ4v) is 2.09. The van der Waals surface area contributed by atoms with Crippen molar-refractivity contribution in [1.82, 2.24) is 0 Å². The molecule has 0 nitrogen and oxygen atoms in total. The minimum atomic E-state index is 1.09. The fourth-order valence-electron chi connectivity index (χ4n) is 2.09. The number of hydrogen-bond acceptors (Lipinski definition) is 0. The first kappa shape index (κ1) is 21.4. The molecule has 0 heteroatoms. The summed E-state index contributed by atoms with van der Waals surface area (Å²) < 4.78 is 0. The van der Waals surface area contributed by atoms with Gasteiger partial charge in [-0.3, -0.25) is 0 Å². The molecule has 0 radical (unpaired) electrons. The van der Waals surface area contributed by atoms with Gasteiger partial charge in [-0.15, -0.1) is 6.58 Å². The first-order chi connectivity index (χ1) is 11.4. The summed E-state index contributed by atoms with van der Waals surface area (Å²) in [6, 6.07) is 0. The third kappa shape index (κ3) is 20.4. The van der Waals surface area contributed by atoms with E-state index in [-0.39, 0.29) is 0 Å². The van der Waals surface area contributed by atoms with Crippen LogP contribution < -0.4 is 0 Å². The molecule has 0 aromatic carbocycles. The highest BCUT2D eigenvalue weighted by atomic mass is 13.9.